The number of carbonyl (C=O) groups excluding carboxylic acids is 2. The van der Waals surface area contributed by atoms with Crippen molar-refractivity contribution in [1.82, 2.24) is 0 Å². The average Bonchev–Trinajstić information content (AvgIpc) is 3.03. The van der Waals surface area contributed by atoms with Gasteiger partial charge in [-0.1, -0.05) is 59.8 Å². The van der Waals surface area contributed by atoms with Crippen molar-refractivity contribution in [2.24, 2.45) is 39.4 Å². The van der Waals surface area contributed by atoms with Crippen LogP contribution in [-0.2, 0) is 19.1 Å². The van der Waals surface area contributed by atoms with Gasteiger partial charge in [0.15, 0.2) is 0 Å². The first-order valence-corrected chi connectivity index (χ1v) is 14.1. The first-order chi connectivity index (χ1) is 17.1. The normalized spacial score (nSPS) is 39.5. The molecule has 0 saturated heterocycles. The Labute approximate surface area is 222 Å². The molecule has 5 heteroatoms. The highest BCUT2D eigenvalue weighted by molar-refractivity contribution is 5.86. The SMILES string of the molecule is CC(=O)O[C@H]1C[C@H]([C@H](C)CC/C=C(\C)C(=O)O)[C@@]2(C)CC=C3C(=CC[C@@H]4C(C)(C)C(=O)CC[C@]34C)[C@]12C. The Kier molecular flexibility index (Phi) is 6.95. The van der Waals surface area contributed by atoms with Gasteiger partial charge in [0.25, 0.3) is 0 Å². The van der Waals surface area contributed by atoms with Gasteiger partial charge in [-0.2, -0.15) is 0 Å². The van der Waals surface area contributed by atoms with Crippen molar-refractivity contribution in [2.45, 2.75) is 106 Å². The van der Waals surface area contributed by atoms with Crippen molar-refractivity contribution in [1.29, 1.82) is 0 Å². The minimum absolute atomic E-state index is 0.0601. The molecule has 0 unspecified atom stereocenters. The van der Waals surface area contributed by atoms with Crippen molar-refractivity contribution in [3.05, 3.63) is 34.9 Å². The smallest absolute Gasteiger partial charge is 0.330 e. The minimum Gasteiger partial charge on any atom is -0.478 e. The third-order valence-corrected chi connectivity index (χ3v) is 11.5. The number of esters is 1. The van der Waals surface area contributed by atoms with Crippen molar-refractivity contribution in [3.63, 3.8) is 0 Å². The Hall–Kier alpha value is -2.17. The maximum atomic E-state index is 12.9. The number of allylic oxidation sites excluding steroid dienone is 4. The van der Waals surface area contributed by atoms with E-state index in [-0.39, 0.29) is 39.7 Å². The van der Waals surface area contributed by atoms with Gasteiger partial charge in [-0.15, -0.1) is 0 Å². The van der Waals surface area contributed by atoms with Crippen LogP contribution in [0.15, 0.2) is 34.9 Å². The Balaban J connectivity index is 1.73. The van der Waals surface area contributed by atoms with Crippen LogP contribution in [0.2, 0.25) is 0 Å². The van der Waals surface area contributed by atoms with Gasteiger partial charge >= 0.3 is 11.9 Å². The summed E-state index contributed by atoms with van der Waals surface area (Å²) in [7, 11) is 0. The maximum Gasteiger partial charge on any atom is 0.330 e. The number of hydrogen-bond acceptors (Lipinski definition) is 4. The molecule has 4 aliphatic rings. The first kappa shape index (κ1) is 27.9. The molecule has 0 radical (unpaired) electrons. The molecule has 4 rings (SSSR count). The molecule has 0 spiro atoms. The molecule has 1 N–H and O–H groups in total. The third-order valence-electron chi connectivity index (χ3n) is 11.5. The first-order valence-electron chi connectivity index (χ1n) is 14.1. The van der Waals surface area contributed by atoms with Crippen LogP contribution in [0.25, 0.3) is 0 Å². The van der Waals surface area contributed by atoms with Crippen LogP contribution in [0.1, 0.15) is 100 Å². The molecule has 204 valence electrons. The van der Waals surface area contributed by atoms with Crippen molar-refractivity contribution in [3.8, 4) is 0 Å². The highest BCUT2D eigenvalue weighted by atomic mass is 16.5. The van der Waals surface area contributed by atoms with Gasteiger partial charge in [0.2, 0.25) is 0 Å². The van der Waals surface area contributed by atoms with Gasteiger partial charge in [-0.05, 0) is 85.2 Å². The van der Waals surface area contributed by atoms with Crippen LogP contribution in [0.4, 0.5) is 0 Å². The summed E-state index contributed by atoms with van der Waals surface area (Å²) in [5.41, 5.74) is 2.31. The fourth-order valence-corrected chi connectivity index (χ4v) is 8.94. The number of fused-ring (bicyclic) bond motifs is 5. The number of hydrogen-bond donors (Lipinski definition) is 1. The second kappa shape index (κ2) is 9.24. The molecular formula is C32H46O5. The van der Waals surface area contributed by atoms with Crippen molar-refractivity contribution >= 4 is 17.7 Å². The average molecular weight is 511 g/mol. The monoisotopic (exact) mass is 510 g/mol. The van der Waals surface area contributed by atoms with E-state index in [1.54, 1.807) is 6.92 Å². The standard InChI is InChI=1S/C32H46O5/c1-19(10-9-11-20(2)28(35)36)24-18-27(37-21(3)33)32(8)23-12-13-25-29(4,5)26(34)15-16-30(25,6)22(23)14-17-31(24,32)7/h11-12,14,19,24-25,27H,9-10,13,15-18H2,1-8H3,(H,35,36)/b20-11+/t19-,24-,25-,27+,30-,31-,32-/m1/s1. The number of rotatable bonds is 6. The van der Waals surface area contributed by atoms with E-state index in [2.05, 4.69) is 53.7 Å². The van der Waals surface area contributed by atoms with Gasteiger partial charge in [0.05, 0.1) is 0 Å². The Morgan fingerprint density at radius 1 is 1.14 bits per heavy atom. The number of carboxylic acid groups (broad SMARTS) is 1. The lowest BCUT2D eigenvalue weighted by molar-refractivity contribution is -0.152. The summed E-state index contributed by atoms with van der Waals surface area (Å²) >= 11 is 0. The minimum atomic E-state index is -0.864. The van der Waals surface area contributed by atoms with Gasteiger partial charge < -0.3 is 9.84 Å². The zero-order valence-corrected chi connectivity index (χ0v) is 24.1. The summed E-state index contributed by atoms with van der Waals surface area (Å²) in [4.78, 5) is 36.4. The molecule has 0 bridgehead atoms. The molecule has 2 fully saturated rings. The molecule has 7 atom stereocenters. The number of aliphatic carboxylic acids is 1. The molecule has 37 heavy (non-hydrogen) atoms. The lowest BCUT2D eigenvalue weighted by atomic mass is 9.44. The second-order valence-corrected chi connectivity index (χ2v) is 13.6. The largest absolute Gasteiger partial charge is 0.478 e. The molecular weight excluding hydrogens is 464 g/mol. The molecule has 0 amide bonds. The van der Waals surface area contributed by atoms with Crippen LogP contribution < -0.4 is 0 Å². The lowest BCUT2D eigenvalue weighted by Crippen LogP contribution is -2.55. The molecule has 0 heterocycles. The summed E-state index contributed by atoms with van der Waals surface area (Å²) in [5.74, 6) is 0.251. The van der Waals surface area contributed by atoms with E-state index in [0.717, 1.165) is 38.5 Å². The van der Waals surface area contributed by atoms with E-state index in [4.69, 9.17) is 4.74 Å². The van der Waals surface area contributed by atoms with E-state index in [0.29, 0.717) is 29.6 Å². The molecule has 0 aromatic rings. The summed E-state index contributed by atoms with van der Waals surface area (Å²) in [6.07, 6.45) is 12.2. The highest BCUT2D eigenvalue weighted by Crippen LogP contribution is 2.72. The summed E-state index contributed by atoms with van der Waals surface area (Å²) < 4.78 is 6.13. The fraction of sp³-hybridized carbons (Fsp3) is 0.719. The maximum absolute atomic E-state index is 12.9. The Bertz CT molecular complexity index is 1090. The Morgan fingerprint density at radius 3 is 2.43 bits per heavy atom. The lowest BCUT2D eigenvalue weighted by Gasteiger charge is -2.60. The van der Waals surface area contributed by atoms with Crippen LogP contribution in [0.5, 0.6) is 0 Å². The van der Waals surface area contributed by atoms with Crippen molar-refractivity contribution < 1.29 is 24.2 Å². The van der Waals surface area contributed by atoms with Crippen LogP contribution in [-0.4, -0.2) is 28.9 Å². The van der Waals surface area contributed by atoms with E-state index in [1.807, 2.05) is 6.08 Å². The quantitative estimate of drug-likeness (QED) is 0.305. The number of ether oxygens (including phenoxy) is 1. The van der Waals surface area contributed by atoms with E-state index in [9.17, 15) is 19.5 Å². The zero-order valence-electron chi connectivity index (χ0n) is 24.1. The molecule has 0 aliphatic heterocycles. The van der Waals surface area contributed by atoms with E-state index in [1.165, 1.54) is 18.1 Å². The van der Waals surface area contributed by atoms with E-state index >= 15 is 0 Å². The molecule has 4 aliphatic carbocycles. The van der Waals surface area contributed by atoms with Crippen LogP contribution >= 0.6 is 0 Å². The summed E-state index contributed by atoms with van der Waals surface area (Å²) in [6.45, 7) is 16.8. The molecule has 0 aromatic carbocycles. The zero-order chi connectivity index (χ0) is 27.6. The second-order valence-electron chi connectivity index (χ2n) is 13.6. The third kappa shape index (κ3) is 4.06. The predicted octanol–water partition coefficient (Wildman–Crippen LogP) is 7.07. The predicted molar refractivity (Wildman–Crippen MR) is 145 cm³/mol. The molecule has 5 nitrogen and oxygen atoms in total. The van der Waals surface area contributed by atoms with Gasteiger partial charge in [0.1, 0.15) is 11.9 Å². The van der Waals surface area contributed by atoms with Gasteiger partial charge in [-0.3, -0.25) is 9.59 Å². The number of carbonyl (C=O) groups is 3. The van der Waals surface area contributed by atoms with Crippen molar-refractivity contribution in [2.75, 3.05) is 0 Å². The van der Waals surface area contributed by atoms with Crippen LogP contribution in [0, 0.1) is 39.4 Å². The Morgan fingerprint density at radius 2 is 1.81 bits per heavy atom. The highest BCUT2D eigenvalue weighted by Gasteiger charge is 2.67. The summed E-state index contributed by atoms with van der Waals surface area (Å²) in [5, 5.41) is 9.22. The van der Waals surface area contributed by atoms with E-state index < -0.39 is 5.97 Å². The fourth-order valence-electron chi connectivity index (χ4n) is 8.94. The number of ketones is 1. The van der Waals surface area contributed by atoms with Crippen LogP contribution in [0.3, 0.4) is 0 Å². The molecule has 0 aromatic heterocycles. The number of Topliss-reactive ketones (excluding diaryl/α,β-unsaturated/α-hetero) is 1. The number of carboxylic acids is 1. The van der Waals surface area contributed by atoms with Gasteiger partial charge in [-0.25, -0.2) is 4.79 Å². The topological polar surface area (TPSA) is 80.7 Å². The molecule has 2 saturated carbocycles. The van der Waals surface area contributed by atoms with Gasteiger partial charge in [0, 0.05) is 29.7 Å². The summed E-state index contributed by atoms with van der Waals surface area (Å²) in [6, 6.07) is 0.